The Kier molecular flexibility index (Phi) is 12.8. The monoisotopic (exact) mass is 187 g/mol. The minimum Gasteiger partial charge on any atom is -0.370 e. The zero-order valence-electron chi connectivity index (χ0n) is 9.72. The van der Waals surface area contributed by atoms with E-state index in [0.29, 0.717) is 5.96 Å². The summed E-state index contributed by atoms with van der Waals surface area (Å²) in [5, 5.41) is 3.02. The predicted molar refractivity (Wildman–Crippen MR) is 61.0 cm³/mol. The molecular weight excluding hydrogens is 162 g/mol. The zero-order valence-corrected chi connectivity index (χ0v) is 9.72. The van der Waals surface area contributed by atoms with Crippen LogP contribution in [-0.4, -0.2) is 19.6 Å². The second kappa shape index (κ2) is 11.3. The Bertz CT molecular complexity index is 119. The number of hydrogen-bond donors (Lipinski definition) is 2. The molecule has 13 heavy (non-hydrogen) atoms. The smallest absolute Gasteiger partial charge is 0.188 e. The molecule has 3 nitrogen and oxygen atoms in total. The molecule has 0 aromatic rings. The Morgan fingerprint density at radius 2 is 1.92 bits per heavy atom. The minimum absolute atomic E-state index is 0.536. The standard InChI is InChI=1S/C8H19N3.C2H6/c1-7(2)5-4-6-11-8(9)10-3;1-2/h7H,4-6H2,1-3H3,(H3,9,10,11);1-2H3. The van der Waals surface area contributed by atoms with Crippen molar-refractivity contribution in [2.75, 3.05) is 13.6 Å². The Morgan fingerprint density at radius 1 is 1.38 bits per heavy atom. The van der Waals surface area contributed by atoms with Crippen molar-refractivity contribution in [3.63, 3.8) is 0 Å². The zero-order chi connectivity index (χ0) is 10.7. The topological polar surface area (TPSA) is 50.4 Å². The van der Waals surface area contributed by atoms with Gasteiger partial charge in [0.2, 0.25) is 0 Å². The average Bonchev–Trinajstić information content (AvgIpc) is 2.15. The van der Waals surface area contributed by atoms with Crippen molar-refractivity contribution < 1.29 is 0 Å². The summed E-state index contributed by atoms with van der Waals surface area (Å²) in [6.45, 7) is 9.37. The van der Waals surface area contributed by atoms with Crippen molar-refractivity contribution in [2.24, 2.45) is 16.6 Å². The third-order valence-corrected chi connectivity index (χ3v) is 1.51. The molecule has 0 fully saturated rings. The molecule has 0 aliphatic rings. The van der Waals surface area contributed by atoms with E-state index in [2.05, 4.69) is 24.2 Å². The lowest BCUT2D eigenvalue weighted by Gasteiger charge is -2.05. The number of nitrogens with one attached hydrogen (secondary N) is 1. The maximum absolute atomic E-state index is 5.43. The maximum atomic E-state index is 5.43. The van der Waals surface area contributed by atoms with Crippen molar-refractivity contribution in [2.45, 2.75) is 40.5 Å². The first-order chi connectivity index (χ1) is 6.16. The number of nitrogens with zero attached hydrogens (tertiary/aromatic N) is 1. The van der Waals surface area contributed by atoms with Crippen LogP contribution < -0.4 is 11.1 Å². The van der Waals surface area contributed by atoms with E-state index in [1.165, 1.54) is 6.42 Å². The molecule has 0 aliphatic carbocycles. The van der Waals surface area contributed by atoms with Gasteiger partial charge in [-0.25, -0.2) is 0 Å². The number of nitrogens with two attached hydrogens (primary N) is 1. The first-order valence-corrected chi connectivity index (χ1v) is 5.13. The third kappa shape index (κ3) is 14.2. The van der Waals surface area contributed by atoms with Gasteiger partial charge in [0.25, 0.3) is 0 Å². The Hall–Kier alpha value is -0.730. The summed E-state index contributed by atoms with van der Waals surface area (Å²) in [6.07, 6.45) is 2.40. The van der Waals surface area contributed by atoms with Crippen LogP contribution in [0, 0.1) is 5.92 Å². The fraction of sp³-hybridized carbons (Fsp3) is 0.900. The van der Waals surface area contributed by atoms with E-state index in [1.807, 2.05) is 13.8 Å². The highest BCUT2D eigenvalue weighted by Crippen LogP contribution is 2.01. The summed E-state index contributed by atoms with van der Waals surface area (Å²) >= 11 is 0. The van der Waals surface area contributed by atoms with Crippen LogP contribution in [0.5, 0.6) is 0 Å². The summed E-state index contributed by atoms with van der Waals surface area (Å²) in [7, 11) is 1.69. The average molecular weight is 187 g/mol. The van der Waals surface area contributed by atoms with Gasteiger partial charge in [0.1, 0.15) is 0 Å². The minimum atomic E-state index is 0.536. The number of aliphatic imine (C=N–C) groups is 1. The summed E-state index contributed by atoms with van der Waals surface area (Å²) in [5.41, 5.74) is 5.43. The fourth-order valence-corrected chi connectivity index (χ4v) is 0.806. The van der Waals surface area contributed by atoms with E-state index in [4.69, 9.17) is 5.73 Å². The molecule has 0 spiro atoms. The normalized spacial score (nSPS) is 10.8. The van der Waals surface area contributed by atoms with Gasteiger partial charge in [-0.2, -0.15) is 0 Å². The molecule has 0 amide bonds. The lowest BCUT2D eigenvalue weighted by molar-refractivity contribution is 0.551. The molecule has 0 saturated carbocycles. The van der Waals surface area contributed by atoms with Gasteiger partial charge >= 0.3 is 0 Å². The Balaban J connectivity index is 0. The molecule has 0 bridgehead atoms. The molecule has 0 aliphatic heterocycles. The first kappa shape index (κ1) is 14.8. The second-order valence-corrected chi connectivity index (χ2v) is 3.07. The highest BCUT2D eigenvalue weighted by atomic mass is 15.1. The summed E-state index contributed by atoms with van der Waals surface area (Å²) in [6, 6.07) is 0. The van der Waals surface area contributed by atoms with E-state index in [0.717, 1.165) is 18.9 Å². The van der Waals surface area contributed by atoms with E-state index in [9.17, 15) is 0 Å². The molecule has 3 heteroatoms. The molecule has 0 aromatic heterocycles. The number of rotatable bonds is 4. The van der Waals surface area contributed by atoms with E-state index >= 15 is 0 Å². The van der Waals surface area contributed by atoms with Crippen molar-refractivity contribution in [3.8, 4) is 0 Å². The van der Waals surface area contributed by atoms with E-state index < -0.39 is 0 Å². The third-order valence-electron chi connectivity index (χ3n) is 1.51. The lowest BCUT2D eigenvalue weighted by Crippen LogP contribution is -2.32. The van der Waals surface area contributed by atoms with Crippen LogP contribution in [0.2, 0.25) is 0 Å². The van der Waals surface area contributed by atoms with Crippen molar-refractivity contribution >= 4 is 5.96 Å². The summed E-state index contributed by atoms with van der Waals surface area (Å²) < 4.78 is 0. The van der Waals surface area contributed by atoms with Gasteiger partial charge in [-0.15, -0.1) is 0 Å². The van der Waals surface area contributed by atoms with Gasteiger partial charge in [0, 0.05) is 13.6 Å². The van der Waals surface area contributed by atoms with Gasteiger partial charge < -0.3 is 11.1 Å². The van der Waals surface area contributed by atoms with Gasteiger partial charge in [-0.05, 0) is 18.8 Å². The van der Waals surface area contributed by atoms with Crippen LogP contribution in [-0.2, 0) is 0 Å². The maximum Gasteiger partial charge on any atom is 0.188 e. The van der Waals surface area contributed by atoms with Crippen LogP contribution in [0.4, 0.5) is 0 Å². The van der Waals surface area contributed by atoms with Gasteiger partial charge in [-0.3, -0.25) is 4.99 Å². The number of guanidine groups is 1. The van der Waals surface area contributed by atoms with Crippen LogP contribution in [0.1, 0.15) is 40.5 Å². The molecule has 0 unspecified atom stereocenters. The molecule has 0 radical (unpaired) electrons. The summed E-state index contributed by atoms with van der Waals surface area (Å²) in [5.74, 6) is 1.31. The molecule has 0 heterocycles. The molecule has 0 aromatic carbocycles. The van der Waals surface area contributed by atoms with Crippen LogP contribution in [0.15, 0.2) is 4.99 Å². The quantitative estimate of drug-likeness (QED) is 0.402. The van der Waals surface area contributed by atoms with Crippen LogP contribution >= 0.6 is 0 Å². The SMILES string of the molecule is CC.CN=C(N)NCCCC(C)C. The van der Waals surface area contributed by atoms with Gasteiger partial charge in [0.05, 0.1) is 0 Å². The molecule has 3 N–H and O–H groups in total. The molecule has 0 atom stereocenters. The summed E-state index contributed by atoms with van der Waals surface area (Å²) in [4.78, 5) is 3.79. The largest absolute Gasteiger partial charge is 0.370 e. The van der Waals surface area contributed by atoms with Crippen molar-refractivity contribution in [1.82, 2.24) is 5.32 Å². The highest BCUT2D eigenvalue weighted by Gasteiger charge is 1.93. The van der Waals surface area contributed by atoms with E-state index in [1.54, 1.807) is 7.05 Å². The molecular formula is C10H25N3. The molecule has 0 rings (SSSR count). The highest BCUT2D eigenvalue weighted by molar-refractivity contribution is 5.77. The lowest BCUT2D eigenvalue weighted by atomic mass is 10.1. The van der Waals surface area contributed by atoms with Gasteiger partial charge in [0.15, 0.2) is 5.96 Å². The Morgan fingerprint density at radius 3 is 2.31 bits per heavy atom. The van der Waals surface area contributed by atoms with Crippen molar-refractivity contribution in [1.29, 1.82) is 0 Å². The van der Waals surface area contributed by atoms with Crippen LogP contribution in [0.3, 0.4) is 0 Å². The fourth-order valence-electron chi connectivity index (χ4n) is 0.806. The van der Waals surface area contributed by atoms with Crippen LogP contribution in [0.25, 0.3) is 0 Å². The second-order valence-electron chi connectivity index (χ2n) is 3.07. The molecule has 0 saturated heterocycles. The predicted octanol–water partition coefficient (Wildman–Crippen LogP) is 1.98. The molecule has 80 valence electrons. The first-order valence-electron chi connectivity index (χ1n) is 5.13. The van der Waals surface area contributed by atoms with E-state index in [-0.39, 0.29) is 0 Å². The van der Waals surface area contributed by atoms with Gasteiger partial charge in [-0.1, -0.05) is 27.7 Å². The number of hydrogen-bond acceptors (Lipinski definition) is 1. The van der Waals surface area contributed by atoms with Crippen molar-refractivity contribution in [3.05, 3.63) is 0 Å². The Labute approximate surface area is 82.8 Å².